The lowest BCUT2D eigenvalue weighted by Gasteiger charge is -2.18. The van der Waals surface area contributed by atoms with Crippen LogP contribution in [-0.4, -0.2) is 33.2 Å². The Labute approximate surface area is 154 Å². The van der Waals surface area contributed by atoms with Gasteiger partial charge in [0, 0.05) is 15.9 Å². The lowest BCUT2D eigenvalue weighted by Crippen LogP contribution is -2.27. The van der Waals surface area contributed by atoms with Gasteiger partial charge in [-0.25, -0.2) is 14.4 Å². The van der Waals surface area contributed by atoms with Crippen molar-refractivity contribution in [2.24, 2.45) is 0 Å². The highest BCUT2D eigenvalue weighted by molar-refractivity contribution is 7.81. The summed E-state index contributed by atoms with van der Waals surface area (Å²) in [4.78, 5) is 35.0. The van der Waals surface area contributed by atoms with E-state index in [0.717, 1.165) is 34.0 Å². The van der Waals surface area contributed by atoms with Gasteiger partial charge in [0.15, 0.2) is 0 Å². The van der Waals surface area contributed by atoms with Gasteiger partial charge < -0.3 is 15.3 Å². The van der Waals surface area contributed by atoms with Gasteiger partial charge in [-0.2, -0.15) is 0 Å². The Balaban J connectivity index is 2.29. The average molecular weight is 412 g/mol. The van der Waals surface area contributed by atoms with Crippen LogP contribution in [-0.2, 0) is 0 Å². The highest BCUT2D eigenvalue weighted by atomic mass is 32.1. The summed E-state index contributed by atoms with van der Waals surface area (Å²) in [5.41, 5.74) is 0. The number of thiophene rings is 3. The van der Waals surface area contributed by atoms with Crippen LogP contribution in [0.1, 0.15) is 29.0 Å². The fourth-order valence-corrected chi connectivity index (χ4v) is 8.14. The molecule has 3 N–H and O–H groups in total. The van der Waals surface area contributed by atoms with Gasteiger partial charge in [-0.15, -0.1) is 34.0 Å². The minimum Gasteiger partial charge on any atom is -0.477 e. The molecule has 3 rings (SSSR count). The number of aromatic carboxylic acids is 3. The van der Waals surface area contributed by atoms with E-state index in [1.165, 1.54) is 0 Å². The van der Waals surface area contributed by atoms with Gasteiger partial charge in [0.1, 0.15) is 14.6 Å². The molecule has 128 valence electrons. The molecule has 6 nitrogen and oxygen atoms in total. The van der Waals surface area contributed by atoms with Crippen molar-refractivity contribution in [2.45, 2.75) is 0 Å². The van der Waals surface area contributed by atoms with Gasteiger partial charge in [0.05, 0.1) is 0 Å². The van der Waals surface area contributed by atoms with E-state index < -0.39 is 25.8 Å². The van der Waals surface area contributed by atoms with E-state index in [-0.39, 0.29) is 14.6 Å². The Hall–Kier alpha value is -2.06. The van der Waals surface area contributed by atoms with Crippen molar-refractivity contribution in [3.63, 3.8) is 0 Å². The molecule has 0 aromatic carbocycles. The van der Waals surface area contributed by atoms with Crippen LogP contribution in [0.25, 0.3) is 0 Å². The molecule has 0 bridgehead atoms. The zero-order chi connectivity index (χ0) is 18.1. The predicted molar refractivity (Wildman–Crippen MR) is 99.7 cm³/mol. The molecule has 0 aliphatic heterocycles. The Kier molecular flexibility index (Phi) is 5.01. The summed E-state index contributed by atoms with van der Waals surface area (Å²) in [7, 11) is -1.61. The lowest BCUT2D eigenvalue weighted by molar-refractivity contribution is 0.0693. The number of carboxylic acids is 3. The number of rotatable bonds is 6. The third kappa shape index (κ3) is 3.23. The Morgan fingerprint density at radius 1 is 0.640 bits per heavy atom. The number of hydrogen-bond donors (Lipinski definition) is 3. The third-order valence-corrected chi connectivity index (χ3v) is 8.96. The zero-order valence-electron chi connectivity index (χ0n) is 12.2. The molecule has 10 heteroatoms. The molecule has 0 aliphatic carbocycles. The van der Waals surface area contributed by atoms with Crippen molar-refractivity contribution in [1.82, 2.24) is 0 Å². The first kappa shape index (κ1) is 17.8. The zero-order valence-corrected chi connectivity index (χ0v) is 15.5. The molecular weight excluding hydrogens is 403 g/mol. The van der Waals surface area contributed by atoms with E-state index in [2.05, 4.69) is 0 Å². The summed E-state index contributed by atoms with van der Waals surface area (Å²) < 4.78 is 0. The van der Waals surface area contributed by atoms with Crippen molar-refractivity contribution < 1.29 is 29.7 Å². The van der Waals surface area contributed by atoms with Crippen molar-refractivity contribution in [3.8, 4) is 0 Å². The van der Waals surface area contributed by atoms with Gasteiger partial charge in [0.25, 0.3) is 0 Å². The molecule has 0 amide bonds. The van der Waals surface area contributed by atoms with Gasteiger partial charge in [-0.05, 0) is 42.3 Å². The van der Waals surface area contributed by atoms with Crippen molar-refractivity contribution >= 4 is 75.8 Å². The van der Waals surface area contributed by atoms with E-state index >= 15 is 0 Å². The fourth-order valence-electron chi connectivity index (χ4n) is 2.31. The molecular formula is C15H9O6PS3. The van der Waals surface area contributed by atoms with Crippen molar-refractivity contribution in [2.75, 3.05) is 0 Å². The van der Waals surface area contributed by atoms with E-state index in [1.807, 2.05) is 0 Å². The van der Waals surface area contributed by atoms with Gasteiger partial charge in [0.2, 0.25) is 0 Å². The third-order valence-electron chi connectivity index (χ3n) is 3.24. The second-order valence-corrected chi connectivity index (χ2v) is 9.52. The molecule has 25 heavy (non-hydrogen) atoms. The first-order chi connectivity index (χ1) is 11.9. The Morgan fingerprint density at radius 3 is 1.16 bits per heavy atom. The largest absolute Gasteiger partial charge is 0.477 e. The molecule has 3 aromatic rings. The van der Waals surface area contributed by atoms with E-state index in [9.17, 15) is 29.7 Å². The molecule has 3 heterocycles. The minimum absolute atomic E-state index is 0.0937. The van der Waals surface area contributed by atoms with Crippen LogP contribution in [0, 0.1) is 0 Å². The quantitative estimate of drug-likeness (QED) is 0.537. The first-order valence-electron chi connectivity index (χ1n) is 6.64. The van der Waals surface area contributed by atoms with E-state index in [4.69, 9.17) is 0 Å². The van der Waals surface area contributed by atoms with Gasteiger partial charge in [-0.3, -0.25) is 0 Å². The molecule has 0 saturated carbocycles. The van der Waals surface area contributed by atoms with Crippen LogP contribution in [0.3, 0.4) is 0 Å². The minimum atomic E-state index is -1.61. The molecule has 0 unspecified atom stereocenters. The highest BCUT2D eigenvalue weighted by Crippen LogP contribution is 2.40. The summed E-state index contributed by atoms with van der Waals surface area (Å²) in [6, 6.07) is 4.89. The molecule has 0 fully saturated rings. The molecule has 0 atom stereocenters. The maximum Gasteiger partial charge on any atom is 0.346 e. The van der Waals surface area contributed by atoms with Crippen LogP contribution in [0.15, 0.2) is 34.3 Å². The molecule has 0 radical (unpaired) electrons. The van der Waals surface area contributed by atoms with Crippen LogP contribution < -0.4 is 15.9 Å². The number of hydrogen-bond acceptors (Lipinski definition) is 6. The smallest absolute Gasteiger partial charge is 0.346 e. The normalized spacial score (nSPS) is 10.9. The van der Waals surface area contributed by atoms with Crippen LogP contribution >= 0.6 is 41.9 Å². The van der Waals surface area contributed by atoms with Crippen LogP contribution in [0.2, 0.25) is 0 Å². The molecule has 0 saturated heterocycles. The topological polar surface area (TPSA) is 112 Å². The SMILES string of the molecule is O=C(O)c1sccc1P(c1ccsc1C(=O)O)c1ccsc1C(=O)O. The van der Waals surface area contributed by atoms with Crippen molar-refractivity contribution in [3.05, 3.63) is 49.0 Å². The summed E-state index contributed by atoms with van der Waals surface area (Å²) in [6.45, 7) is 0. The van der Waals surface area contributed by atoms with E-state index in [0.29, 0.717) is 15.9 Å². The number of carbonyl (C=O) groups is 3. The molecule has 3 aromatic heterocycles. The molecule has 0 spiro atoms. The van der Waals surface area contributed by atoms with E-state index in [1.54, 1.807) is 34.3 Å². The number of carboxylic acid groups (broad SMARTS) is 3. The predicted octanol–water partition coefficient (Wildman–Crippen LogP) is 2.72. The lowest BCUT2D eigenvalue weighted by atomic mass is 10.4. The van der Waals surface area contributed by atoms with Crippen LogP contribution in [0.4, 0.5) is 0 Å². The van der Waals surface area contributed by atoms with Gasteiger partial charge in [-0.1, -0.05) is 0 Å². The second kappa shape index (κ2) is 7.05. The summed E-state index contributed by atoms with van der Waals surface area (Å²) in [6.07, 6.45) is 0. The summed E-state index contributed by atoms with van der Waals surface area (Å²) in [5, 5.41) is 34.6. The molecule has 0 aliphatic rings. The first-order valence-corrected chi connectivity index (χ1v) is 10.6. The maximum atomic E-state index is 11.6. The standard InChI is InChI=1S/C15H9O6PS3/c16-13(17)10-7(1-4-23-10)22(8-2-5-24-11(8)14(18)19)9-3-6-25-12(9)15(20)21/h1-6H,(H,16,17)(H,18,19)(H,20,21). The summed E-state index contributed by atoms with van der Waals surface area (Å²) >= 11 is 3.11. The second-order valence-electron chi connectivity index (χ2n) is 4.66. The maximum absolute atomic E-state index is 11.6. The highest BCUT2D eigenvalue weighted by Gasteiger charge is 2.31. The monoisotopic (exact) mass is 412 g/mol. The Bertz CT molecular complexity index is 845. The fraction of sp³-hybridized carbons (Fsp3) is 0. The van der Waals surface area contributed by atoms with Crippen LogP contribution in [0.5, 0.6) is 0 Å². The van der Waals surface area contributed by atoms with Crippen molar-refractivity contribution in [1.29, 1.82) is 0 Å². The van der Waals surface area contributed by atoms with Gasteiger partial charge >= 0.3 is 17.9 Å². The summed E-state index contributed by atoms with van der Waals surface area (Å²) in [5.74, 6) is -3.34. The Morgan fingerprint density at radius 2 is 0.920 bits per heavy atom. The average Bonchev–Trinajstić information content (AvgIpc) is 3.28.